The molecule has 0 radical (unpaired) electrons. The fourth-order valence-electron chi connectivity index (χ4n) is 2.98. The SMILES string of the molecule is CCC(CC)n1nc(C)c2[nH]c(-c3ccc(OCC(N)=O)c(Cl)c3)nc21. The fraction of sp³-hybridized carbons (Fsp3) is 0.389. The molecular weight excluding hydrogens is 354 g/mol. The van der Waals surface area contributed by atoms with Gasteiger partial charge in [0.1, 0.15) is 17.1 Å². The standard InChI is InChI=1S/C18H22ClN5O2/c1-4-12(5-2)24-18-16(10(3)23-24)21-17(22-18)11-6-7-14(13(19)8-11)26-9-15(20)25/h6-8,12H,4-5,9H2,1-3H3,(H2,20,25)(H,21,22). The van der Waals surface area contributed by atoms with Gasteiger partial charge in [-0.1, -0.05) is 25.4 Å². The summed E-state index contributed by atoms with van der Waals surface area (Å²) < 4.78 is 7.28. The van der Waals surface area contributed by atoms with Gasteiger partial charge < -0.3 is 15.5 Å². The molecule has 0 aliphatic heterocycles. The normalized spacial score (nSPS) is 11.4. The van der Waals surface area contributed by atoms with E-state index in [0.29, 0.717) is 22.6 Å². The molecule has 1 aromatic carbocycles. The summed E-state index contributed by atoms with van der Waals surface area (Å²) in [5.41, 5.74) is 8.60. The van der Waals surface area contributed by atoms with Gasteiger partial charge in [-0.05, 0) is 38.0 Å². The summed E-state index contributed by atoms with van der Waals surface area (Å²) in [5, 5.41) is 5.02. The van der Waals surface area contributed by atoms with Crippen LogP contribution in [0.4, 0.5) is 0 Å². The number of imidazole rings is 1. The quantitative estimate of drug-likeness (QED) is 0.658. The van der Waals surface area contributed by atoms with Crippen LogP contribution >= 0.6 is 11.6 Å². The minimum Gasteiger partial charge on any atom is -0.482 e. The minimum atomic E-state index is -0.552. The Balaban J connectivity index is 1.97. The first-order valence-electron chi connectivity index (χ1n) is 8.60. The molecule has 0 aliphatic rings. The largest absolute Gasteiger partial charge is 0.482 e. The van der Waals surface area contributed by atoms with Crippen molar-refractivity contribution >= 4 is 28.7 Å². The smallest absolute Gasteiger partial charge is 0.255 e. The molecule has 2 aromatic heterocycles. The number of halogens is 1. The molecule has 26 heavy (non-hydrogen) atoms. The highest BCUT2D eigenvalue weighted by Gasteiger charge is 2.18. The lowest BCUT2D eigenvalue weighted by molar-refractivity contribution is -0.119. The molecule has 0 bridgehead atoms. The average Bonchev–Trinajstić information content (AvgIpc) is 3.16. The zero-order valence-corrected chi connectivity index (χ0v) is 15.8. The molecule has 0 unspecified atom stereocenters. The Kier molecular flexibility index (Phi) is 5.18. The van der Waals surface area contributed by atoms with Crippen LogP contribution in [0.15, 0.2) is 18.2 Å². The molecule has 2 heterocycles. The van der Waals surface area contributed by atoms with Crippen molar-refractivity contribution in [2.75, 3.05) is 6.61 Å². The number of aromatic amines is 1. The molecule has 3 aromatic rings. The zero-order chi connectivity index (χ0) is 18.8. The lowest BCUT2D eigenvalue weighted by Gasteiger charge is -2.12. The van der Waals surface area contributed by atoms with Crippen LogP contribution < -0.4 is 10.5 Å². The topological polar surface area (TPSA) is 98.8 Å². The van der Waals surface area contributed by atoms with Gasteiger partial charge in [0.2, 0.25) is 0 Å². The molecule has 0 fully saturated rings. The maximum atomic E-state index is 10.8. The van der Waals surface area contributed by atoms with Crippen molar-refractivity contribution in [1.82, 2.24) is 19.7 Å². The zero-order valence-electron chi connectivity index (χ0n) is 15.0. The van der Waals surface area contributed by atoms with Crippen LogP contribution in [-0.2, 0) is 4.79 Å². The number of nitrogens with zero attached hydrogens (tertiary/aromatic N) is 3. The second-order valence-electron chi connectivity index (χ2n) is 6.18. The van der Waals surface area contributed by atoms with E-state index in [1.165, 1.54) is 0 Å². The molecule has 0 atom stereocenters. The lowest BCUT2D eigenvalue weighted by Crippen LogP contribution is -2.20. The molecule has 0 saturated carbocycles. The van der Waals surface area contributed by atoms with Gasteiger partial charge in [-0.25, -0.2) is 9.67 Å². The van der Waals surface area contributed by atoms with Gasteiger partial charge in [-0.3, -0.25) is 4.79 Å². The van der Waals surface area contributed by atoms with E-state index in [1.54, 1.807) is 12.1 Å². The monoisotopic (exact) mass is 375 g/mol. The Bertz CT molecular complexity index is 943. The van der Waals surface area contributed by atoms with Gasteiger partial charge in [0.15, 0.2) is 12.3 Å². The molecular formula is C18H22ClN5O2. The highest BCUT2D eigenvalue weighted by molar-refractivity contribution is 6.32. The van der Waals surface area contributed by atoms with Crippen molar-refractivity contribution in [3.63, 3.8) is 0 Å². The number of hydrogen-bond donors (Lipinski definition) is 2. The lowest BCUT2D eigenvalue weighted by atomic mass is 10.2. The van der Waals surface area contributed by atoms with E-state index in [1.807, 2.05) is 17.7 Å². The Morgan fingerprint density at radius 1 is 1.38 bits per heavy atom. The Morgan fingerprint density at radius 3 is 2.73 bits per heavy atom. The maximum Gasteiger partial charge on any atom is 0.255 e. The first kappa shape index (κ1) is 18.3. The first-order valence-corrected chi connectivity index (χ1v) is 8.98. The van der Waals surface area contributed by atoms with Crippen LogP contribution in [0, 0.1) is 6.92 Å². The van der Waals surface area contributed by atoms with Crippen LogP contribution in [0.5, 0.6) is 5.75 Å². The van der Waals surface area contributed by atoms with Crippen LogP contribution in [0.3, 0.4) is 0 Å². The molecule has 8 heteroatoms. The van der Waals surface area contributed by atoms with Crippen molar-refractivity contribution < 1.29 is 9.53 Å². The summed E-state index contributed by atoms with van der Waals surface area (Å²) in [6.07, 6.45) is 1.99. The van der Waals surface area contributed by atoms with E-state index >= 15 is 0 Å². The Labute approximate surface area is 156 Å². The number of primary amides is 1. The van der Waals surface area contributed by atoms with E-state index < -0.39 is 5.91 Å². The average molecular weight is 376 g/mol. The number of aryl methyl sites for hydroxylation is 1. The van der Waals surface area contributed by atoms with Gasteiger partial charge in [0.05, 0.1) is 16.8 Å². The minimum absolute atomic E-state index is 0.214. The number of carbonyl (C=O) groups excluding carboxylic acids is 1. The van der Waals surface area contributed by atoms with Gasteiger partial charge >= 0.3 is 0 Å². The predicted octanol–water partition coefficient (Wildman–Crippen LogP) is 3.61. The van der Waals surface area contributed by atoms with E-state index in [4.69, 9.17) is 27.1 Å². The number of fused-ring (bicyclic) bond motifs is 1. The number of carbonyl (C=O) groups is 1. The van der Waals surface area contributed by atoms with Crippen LogP contribution in [0.2, 0.25) is 5.02 Å². The summed E-state index contributed by atoms with van der Waals surface area (Å²) in [6.45, 7) is 6.05. The molecule has 7 nitrogen and oxygen atoms in total. The number of hydrogen-bond acceptors (Lipinski definition) is 4. The molecule has 3 N–H and O–H groups in total. The number of aromatic nitrogens is 4. The second-order valence-corrected chi connectivity index (χ2v) is 6.59. The highest BCUT2D eigenvalue weighted by Crippen LogP contribution is 2.31. The Hall–Kier alpha value is -2.54. The van der Waals surface area contributed by atoms with Crippen molar-refractivity contribution in [3.8, 4) is 17.1 Å². The van der Waals surface area contributed by atoms with Crippen molar-refractivity contribution in [1.29, 1.82) is 0 Å². The molecule has 138 valence electrons. The van der Waals surface area contributed by atoms with Crippen LogP contribution in [0.25, 0.3) is 22.6 Å². The van der Waals surface area contributed by atoms with Gasteiger partial charge in [0, 0.05) is 5.56 Å². The highest BCUT2D eigenvalue weighted by atomic mass is 35.5. The third-order valence-electron chi connectivity index (χ3n) is 4.38. The number of ether oxygens (including phenoxy) is 1. The number of benzene rings is 1. The van der Waals surface area contributed by atoms with E-state index in [-0.39, 0.29) is 6.61 Å². The maximum absolute atomic E-state index is 10.8. The van der Waals surface area contributed by atoms with E-state index in [9.17, 15) is 4.79 Å². The summed E-state index contributed by atoms with van der Waals surface area (Å²) in [5.74, 6) is 0.567. The van der Waals surface area contributed by atoms with Crippen molar-refractivity contribution in [3.05, 3.63) is 28.9 Å². The molecule has 3 rings (SSSR count). The molecule has 1 amide bonds. The molecule has 0 aliphatic carbocycles. The number of nitrogens with one attached hydrogen (secondary N) is 1. The first-order chi connectivity index (χ1) is 12.4. The predicted molar refractivity (Wildman–Crippen MR) is 101 cm³/mol. The molecule has 0 saturated heterocycles. The summed E-state index contributed by atoms with van der Waals surface area (Å²) in [4.78, 5) is 18.9. The summed E-state index contributed by atoms with van der Waals surface area (Å²) >= 11 is 6.26. The third kappa shape index (κ3) is 3.39. The Morgan fingerprint density at radius 2 is 2.12 bits per heavy atom. The molecule has 0 spiro atoms. The second kappa shape index (κ2) is 7.37. The van der Waals surface area contributed by atoms with Gasteiger partial charge in [-0.15, -0.1) is 0 Å². The van der Waals surface area contributed by atoms with E-state index in [0.717, 1.165) is 35.3 Å². The fourth-order valence-corrected chi connectivity index (χ4v) is 3.22. The number of amides is 1. The number of H-pyrrole nitrogens is 1. The van der Waals surface area contributed by atoms with Crippen molar-refractivity contribution in [2.45, 2.75) is 39.7 Å². The summed E-state index contributed by atoms with van der Waals surface area (Å²) in [7, 11) is 0. The third-order valence-corrected chi connectivity index (χ3v) is 4.68. The van der Waals surface area contributed by atoms with Crippen LogP contribution in [-0.4, -0.2) is 32.3 Å². The number of nitrogens with two attached hydrogens (primary N) is 1. The van der Waals surface area contributed by atoms with Gasteiger partial charge in [-0.2, -0.15) is 5.10 Å². The van der Waals surface area contributed by atoms with Gasteiger partial charge in [0.25, 0.3) is 5.91 Å². The van der Waals surface area contributed by atoms with Crippen LogP contribution in [0.1, 0.15) is 38.4 Å². The van der Waals surface area contributed by atoms with E-state index in [2.05, 4.69) is 23.9 Å². The number of rotatable bonds is 7. The van der Waals surface area contributed by atoms with Crippen molar-refractivity contribution in [2.24, 2.45) is 5.73 Å². The summed E-state index contributed by atoms with van der Waals surface area (Å²) in [6, 6.07) is 5.60.